The molecule has 16 heteroatoms. The Labute approximate surface area is 214 Å². The van der Waals surface area contributed by atoms with Crippen molar-refractivity contribution in [3.63, 3.8) is 0 Å². The van der Waals surface area contributed by atoms with E-state index in [1.807, 2.05) is 0 Å². The van der Waals surface area contributed by atoms with Gasteiger partial charge in [0.25, 0.3) is 0 Å². The van der Waals surface area contributed by atoms with Gasteiger partial charge in [-0.25, -0.2) is 4.79 Å². The molecule has 16 nitrogen and oxygen atoms in total. The Kier molecular flexibility index (Phi) is 14.9. The molecule has 0 bridgehead atoms. The predicted molar refractivity (Wildman–Crippen MR) is 131 cm³/mol. The van der Waals surface area contributed by atoms with Crippen LogP contribution in [-0.4, -0.2) is 82.5 Å². The van der Waals surface area contributed by atoms with E-state index in [9.17, 15) is 33.9 Å². The second-order valence-corrected chi connectivity index (χ2v) is 8.49. The van der Waals surface area contributed by atoms with Crippen molar-refractivity contribution in [3.8, 4) is 0 Å². The number of carbonyl (C=O) groups is 6. The molecule has 0 aromatic carbocycles. The molecule has 0 aliphatic rings. The summed E-state index contributed by atoms with van der Waals surface area (Å²) in [5, 5.41) is 25.1. The number of aliphatic carboxylic acids is 2. The number of nitrogens with zero attached hydrogens (tertiary/aromatic N) is 1. The van der Waals surface area contributed by atoms with Gasteiger partial charge in [-0.2, -0.15) is 0 Å². The van der Waals surface area contributed by atoms with E-state index in [-0.39, 0.29) is 25.3 Å². The Hall–Kier alpha value is -3.95. The molecule has 0 aromatic rings. The molecular formula is C21H38N8O8. The maximum atomic E-state index is 12.9. The Morgan fingerprint density at radius 2 is 1.46 bits per heavy atom. The largest absolute Gasteiger partial charge is 0.481 e. The fraction of sp³-hybridized carbons (Fsp3) is 0.667. The zero-order valence-electron chi connectivity index (χ0n) is 20.9. The third-order valence-corrected chi connectivity index (χ3v) is 5.40. The number of hydrogen-bond acceptors (Lipinski definition) is 8. The molecule has 0 aromatic heterocycles. The number of amides is 4. The van der Waals surface area contributed by atoms with Crippen LogP contribution in [0.4, 0.5) is 0 Å². The summed E-state index contributed by atoms with van der Waals surface area (Å²) in [5.41, 5.74) is 21.5. The Morgan fingerprint density at radius 1 is 0.865 bits per heavy atom. The second-order valence-electron chi connectivity index (χ2n) is 8.49. The fourth-order valence-electron chi connectivity index (χ4n) is 3.08. The first-order valence-corrected chi connectivity index (χ1v) is 11.6. The summed E-state index contributed by atoms with van der Waals surface area (Å²) >= 11 is 0. The molecule has 0 aliphatic carbocycles. The highest BCUT2D eigenvalue weighted by Gasteiger charge is 2.33. The van der Waals surface area contributed by atoms with Gasteiger partial charge in [-0.1, -0.05) is 20.3 Å². The first-order valence-electron chi connectivity index (χ1n) is 11.6. The molecule has 0 aliphatic heterocycles. The molecule has 0 fully saturated rings. The average Bonchev–Trinajstić information content (AvgIpc) is 2.80. The molecule has 210 valence electrons. The molecule has 0 saturated heterocycles. The Balaban J connectivity index is 5.48. The smallest absolute Gasteiger partial charge is 0.326 e. The van der Waals surface area contributed by atoms with Crippen molar-refractivity contribution >= 4 is 41.5 Å². The van der Waals surface area contributed by atoms with Gasteiger partial charge in [0, 0.05) is 13.0 Å². The van der Waals surface area contributed by atoms with Crippen molar-refractivity contribution in [1.29, 1.82) is 0 Å². The zero-order valence-corrected chi connectivity index (χ0v) is 20.9. The highest BCUT2D eigenvalue weighted by atomic mass is 16.4. The predicted octanol–water partition coefficient (Wildman–Crippen LogP) is -3.31. The molecule has 0 rings (SSSR count). The van der Waals surface area contributed by atoms with Gasteiger partial charge in [0.2, 0.25) is 23.6 Å². The maximum Gasteiger partial charge on any atom is 0.326 e. The van der Waals surface area contributed by atoms with Crippen LogP contribution < -0.4 is 38.9 Å². The maximum absolute atomic E-state index is 12.9. The van der Waals surface area contributed by atoms with E-state index in [1.54, 1.807) is 13.8 Å². The van der Waals surface area contributed by atoms with Gasteiger partial charge in [0.15, 0.2) is 5.96 Å². The molecule has 0 spiro atoms. The molecule has 0 heterocycles. The van der Waals surface area contributed by atoms with Crippen molar-refractivity contribution < 1.29 is 39.0 Å². The van der Waals surface area contributed by atoms with Gasteiger partial charge >= 0.3 is 11.9 Å². The van der Waals surface area contributed by atoms with Crippen molar-refractivity contribution in [2.24, 2.45) is 33.8 Å². The minimum atomic E-state index is -1.51. The number of nitrogens with two attached hydrogens (primary N) is 4. The van der Waals surface area contributed by atoms with Crippen molar-refractivity contribution in [1.82, 2.24) is 16.0 Å². The van der Waals surface area contributed by atoms with Crippen LogP contribution in [-0.2, 0) is 28.8 Å². The number of aliphatic imine (C=N–C) groups is 1. The van der Waals surface area contributed by atoms with E-state index in [0.717, 1.165) is 0 Å². The van der Waals surface area contributed by atoms with Crippen LogP contribution in [0.2, 0.25) is 0 Å². The molecular weight excluding hydrogens is 492 g/mol. The third kappa shape index (κ3) is 13.6. The van der Waals surface area contributed by atoms with Crippen LogP contribution in [0.25, 0.3) is 0 Å². The highest BCUT2D eigenvalue weighted by molar-refractivity contribution is 5.96. The minimum absolute atomic E-state index is 0.118. The van der Waals surface area contributed by atoms with Crippen LogP contribution in [0, 0.1) is 5.92 Å². The molecule has 0 saturated carbocycles. The topological polar surface area (TPSA) is 295 Å². The first-order chi connectivity index (χ1) is 17.2. The number of rotatable bonds is 18. The van der Waals surface area contributed by atoms with E-state index in [0.29, 0.717) is 12.8 Å². The van der Waals surface area contributed by atoms with Gasteiger partial charge in [-0.3, -0.25) is 29.0 Å². The second kappa shape index (κ2) is 16.7. The number of primary amides is 1. The number of hydrogen-bond donors (Lipinski definition) is 9. The molecule has 37 heavy (non-hydrogen) atoms. The first kappa shape index (κ1) is 33.0. The summed E-state index contributed by atoms with van der Waals surface area (Å²) in [5.74, 6) is -6.77. The third-order valence-electron chi connectivity index (χ3n) is 5.40. The van der Waals surface area contributed by atoms with Crippen LogP contribution >= 0.6 is 0 Å². The van der Waals surface area contributed by atoms with E-state index in [2.05, 4.69) is 20.9 Å². The molecule has 0 radical (unpaired) electrons. The lowest BCUT2D eigenvalue weighted by Gasteiger charge is -2.27. The van der Waals surface area contributed by atoms with E-state index in [4.69, 9.17) is 28.0 Å². The van der Waals surface area contributed by atoms with Gasteiger partial charge < -0.3 is 49.1 Å². The Bertz CT molecular complexity index is 861. The monoisotopic (exact) mass is 530 g/mol. The lowest BCUT2D eigenvalue weighted by molar-refractivity contribution is -0.144. The summed E-state index contributed by atoms with van der Waals surface area (Å²) in [6.45, 7) is 3.57. The van der Waals surface area contributed by atoms with Crippen LogP contribution in [0.5, 0.6) is 0 Å². The van der Waals surface area contributed by atoms with Gasteiger partial charge in [-0.05, 0) is 25.2 Å². The molecule has 5 atom stereocenters. The molecule has 4 amide bonds. The van der Waals surface area contributed by atoms with Gasteiger partial charge in [0.05, 0.1) is 12.5 Å². The average molecular weight is 531 g/mol. The lowest BCUT2D eigenvalue weighted by atomic mass is 9.97. The normalized spacial score (nSPS) is 14.7. The number of carboxylic acid groups (broad SMARTS) is 2. The summed E-state index contributed by atoms with van der Waals surface area (Å²) in [6.07, 6.45) is -0.557. The molecule has 13 N–H and O–H groups in total. The van der Waals surface area contributed by atoms with Gasteiger partial charge in [0.1, 0.15) is 18.1 Å². The summed E-state index contributed by atoms with van der Waals surface area (Å²) in [4.78, 5) is 75.8. The quantitative estimate of drug-likeness (QED) is 0.0480. The van der Waals surface area contributed by atoms with Crippen molar-refractivity contribution in [2.75, 3.05) is 6.54 Å². The number of carboxylic acids is 2. The fourth-order valence-corrected chi connectivity index (χ4v) is 3.08. The minimum Gasteiger partial charge on any atom is -0.481 e. The molecule has 5 unspecified atom stereocenters. The number of nitrogens with one attached hydrogen (secondary N) is 3. The summed E-state index contributed by atoms with van der Waals surface area (Å²) in [7, 11) is 0. The van der Waals surface area contributed by atoms with E-state index < -0.39 is 78.5 Å². The SMILES string of the molecule is CCC(C)C(NC(=O)C(CC(N)=O)NC(=O)C(N)CCCN=C(N)N)C(=O)NC(CCC(=O)O)C(=O)O. The van der Waals surface area contributed by atoms with Crippen LogP contribution in [0.15, 0.2) is 4.99 Å². The van der Waals surface area contributed by atoms with Crippen LogP contribution in [0.1, 0.15) is 52.4 Å². The van der Waals surface area contributed by atoms with Crippen molar-refractivity contribution in [2.45, 2.75) is 76.5 Å². The summed E-state index contributed by atoms with van der Waals surface area (Å²) in [6, 6.07) is -5.29. The lowest BCUT2D eigenvalue weighted by Crippen LogP contribution is -2.59. The number of carbonyl (C=O) groups excluding carboxylic acids is 4. The van der Waals surface area contributed by atoms with Gasteiger partial charge in [-0.15, -0.1) is 0 Å². The Morgan fingerprint density at radius 3 is 1.95 bits per heavy atom. The highest BCUT2D eigenvalue weighted by Crippen LogP contribution is 2.10. The standard InChI is InChI=1S/C21H38N8O8/c1-3-10(2)16(19(35)27-12(20(36)37)6-7-15(31)32)29-18(34)13(9-14(23)30)28-17(33)11(22)5-4-8-26-21(24)25/h10-13,16H,3-9,22H2,1-2H3,(H2,23,30)(H,27,35)(H,28,33)(H,29,34)(H,31,32)(H,36,37)(H4,24,25,26). The van der Waals surface area contributed by atoms with Crippen LogP contribution in [0.3, 0.4) is 0 Å². The zero-order chi connectivity index (χ0) is 28.7. The summed E-state index contributed by atoms with van der Waals surface area (Å²) < 4.78 is 0. The van der Waals surface area contributed by atoms with E-state index >= 15 is 0 Å². The van der Waals surface area contributed by atoms with Crippen molar-refractivity contribution in [3.05, 3.63) is 0 Å². The number of guanidine groups is 1. The van der Waals surface area contributed by atoms with E-state index in [1.165, 1.54) is 0 Å².